The quantitative estimate of drug-likeness (QED) is 0.0262. The van der Waals surface area contributed by atoms with Crippen molar-refractivity contribution in [2.75, 3.05) is 13.2 Å². The Morgan fingerprint density at radius 2 is 0.606 bits per heavy atom. The van der Waals surface area contributed by atoms with Crippen LogP contribution in [0.1, 0.15) is 245 Å². The molecule has 0 aliphatic carbocycles. The molecule has 0 N–H and O–H groups in total. The number of allylic oxidation sites excluding steroid dienone is 16. The van der Waals surface area contributed by atoms with E-state index in [0.717, 1.165) is 77.0 Å². The summed E-state index contributed by atoms with van der Waals surface area (Å²) in [6, 6.07) is 0. The van der Waals surface area contributed by atoms with Gasteiger partial charge < -0.3 is 14.2 Å². The maximum absolute atomic E-state index is 12.8. The third-order valence-electron chi connectivity index (χ3n) is 11.3. The lowest BCUT2D eigenvalue weighted by atomic mass is 10.0. The molecule has 6 heteroatoms. The molecule has 6 nitrogen and oxygen atoms in total. The third-order valence-corrected chi connectivity index (χ3v) is 11.3. The van der Waals surface area contributed by atoms with E-state index < -0.39 is 6.10 Å². The van der Waals surface area contributed by atoms with Crippen molar-refractivity contribution in [2.24, 2.45) is 0 Å². The molecule has 0 aliphatic heterocycles. The number of carbonyl (C=O) groups is 3. The van der Waals surface area contributed by atoms with E-state index in [1.54, 1.807) is 0 Å². The Labute approximate surface area is 407 Å². The Balaban J connectivity index is 4.55. The smallest absolute Gasteiger partial charge is 0.306 e. The van der Waals surface area contributed by atoms with Crippen molar-refractivity contribution in [3.63, 3.8) is 0 Å². The van der Waals surface area contributed by atoms with Gasteiger partial charge in [-0.1, -0.05) is 234 Å². The fraction of sp³-hybridized carbons (Fsp3) is 0.683. The molecular weight excluding hydrogens is 817 g/mol. The molecule has 0 heterocycles. The van der Waals surface area contributed by atoms with Gasteiger partial charge in [0.25, 0.3) is 0 Å². The molecule has 0 saturated heterocycles. The summed E-state index contributed by atoms with van der Waals surface area (Å²) in [6.07, 6.45) is 71.2. The molecule has 0 bridgehead atoms. The predicted molar refractivity (Wildman–Crippen MR) is 284 cm³/mol. The van der Waals surface area contributed by atoms with Crippen LogP contribution < -0.4 is 0 Å². The van der Waals surface area contributed by atoms with Crippen LogP contribution in [0.3, 0.4) is 0 Å². The first-order chi connectivity index (χ1) is 32.5. The third kappa shape index (κ3) is 51.3. The summed E-state index contributed by atoms with van der Waals surface area (Å²) in [5.41, 5.74) is 0. The van der Waals surface area contributed by atoms with Crippen LogP contribution in [0.25, 0.3) is 0 Å². The standard InChI is InChI=1S/C60H100O6/c1-4-7-10-13-16-19-22-25-28-30-32-35-38-41-44-47-50-53-59(62)65-56-57(55-64-58(61)52-49-46-43-40-37-34-27-24-21-18-15-12-9-6-3)66-60(63)54-51-48-45-42-39-36-33-31-29-26-23-20-17-14-11-8-5-2/h7,10,16,19,25-26,28-29,32-33,35-36,41-42,44-45,57H,4-6,8-9,11-15,17-18,20-24,27,30-31,34,37-40,43,46-56H2,1-3H3/b10-7-,19-16-,28-25-,29-26-,35-32-,36-33-,44-41-,45-42-. The normalized spacial score (nSPS) is 12.8. The van der Waals surface area contributed by atoms with Crippen LogP contribution in [-0.4, -0.2) is 37.2 Å². The van der Waals surface area contributed by atoms with E-state index >= 15 is 0 Å². The SMILES string of the molecule is CC/C=C\C/C=C\C/C=C\C/C=C\C/C=C\CCCC(=O)OCC(COC(=O)CCCCCCCCCCCCCCCC)OC(=O)CCC/C=C\C/C=C\C/C=C\CCCCCCCC. The topological polar surface area (TPSA) is 78.9 Å². The molecule has 0 aromatic rings. The highest BCUT2D eigenvalue weighted by Gasteiger charge is 2.19. The molecule has 0 saturated carbocycles. The van der Waals surface area contributed by atoms with E-state index in [1.807, 2.05) is 0 Å². The minimum absolute atomic E-state index is 0.114. The zero-order valence-electron chi connectivity index (χ0n) is 42.9. The van der Waals surface area contributed by atoms with Gasteiger partial charge in [0.05, 0.1) is 0 Å². The number of hydrogen-bond acceptors (Lipinski definition) is 6. The van der Waals surface area contributed by atoms with Crippen LogP contribution in [-0.2, 0) is 28.6 Å². The largest absolute Gasteiger partial charge is 0.462 e. The first-order valence-corrected chi connectivity index (χ1v) is 27.2. The average molecular weight is 917 g/mol. The monoisotopic (exact) mass is 917 g/mol. The minimum atomic E-state index is -0.826. The lowest BCUT2D eigenvalue weighted by Crippen LogP contribution is -2.30. The summed E-state index contributed by atoms with van der Waals surface area (Å²) in [5, 5.41) is 0. The summed E-state index contributed by atoms with van der Waals surface area (Å²) in [7, 11) is 0. The highest BCUT2D eigenvalue weighted by Crippen LogP contribution is 2.14. The molecule has 0 aromatic carbocycles. The molecule has 0 fully saturated rings. The van der Waals surface area contributed by atoms with Gasteiger partial charge in [-0.25, -0.2) is 0 Å². The first-order valence-electron chi connectivity index (χ1n) is 27.2. The summed E-state index contributed by atoms with van der Waals surface area (Å²) in [4.78, 5) is 38.0. The van der Waals surface area contributed by atoms with Gasteiger partial charge in [-0.3, -0.25) is 14.4 Å². The van der Waals surface area contributed by atoms with Crippen molar-refractivity contribution in [3.8, 4) is 0 Å². The Morgan fingerprint density at radius 3 is 0.985 bits per heavy atom. The van der Waals surface area contributed by atoms with Gasteiger partial charge in [0.15, 0.2) is 6.10 Å². The van der Waals surface area contributed by atoms with Crippen LogP contribution in [0.5, 0.6) is 0 Å². The van der Waals surface area contributed by atoms with Gasteiger partial charge in [-0.2, -0.15) is 0 Å². The number of ether oxygens (including phenoxy) is 3. The lowest BCUT2D eigenvalue weighted by molar-refractivity contribution is -0.167. The molecule has 0 aromatic heterocycles. The van der Waals surface area contributed by atoms with Gasteiger partial charge in [-0.15, -0.1) is 0 Å². The number of unbranched alkanes of at least 4 members (excludes halogenated alkanes) is 21. The Morgan fingerprint density at radius 1 is 0.318 bits per heavy atom. The van der Waals surface area contributed by atoms with Crippen LogP contribution in [0.4, 0.5) is 0 Å². The molecule has 0 rings (SSSR count). The summed E-state index contributed by atoms with van der Waals surface area (Å²) in [5.74, 6) is -1.03. The Kier molecular flexibility index (Phi) is 50.9. The van der Waals surface area contributed by atoms with E-state index in [4.69, 9.17) is 14.2 Å². The molecule has 0 radical (unpaired) electrons. The van der Waals surface area contributed by atoms with Crippen molar-refractivity contribution in [3.05, 3.63) is 97.2 Å². The highest BCUT2D eigenvalue weighted by atomic mass is 16.6. The molecule has 0 spiro atoms. The first kappa shape index (κ1) is 62.3. The van der Waals surface area contributed by atoms with E-state index in [2.05, 4.69) is 118 Å². The van der Waals surface area contributed by atoms with Crippen LogP contribution >= 0.6 is 0 Å². The maximum atomic E-state index is 12.8. The molecule has 66 heavy (non-hydrogen) atoms. The highest BCUT2D eigenvalue weighted by molar-refractivity contribution is 5.71. The maximum Gasteiger partial charge on any atom is 0.306 e. The molecule has 376 valence electrons. The van der Waals surface area contributed by atoms with Gasteiger partial charge in [0.2, 0.25) is 0 Å². The van der Waals surface area contributed by atoms with E-state index in [-0.39, 0.29) is 44.0 Å². The molecule has 0 amide bonds. The number of esters is 3. The second-order valence-corrected chi connectivity index (χ2v) is 17.8. The Bertz CT molecular complexity index is 1330. The summed E-state index contributed by atoms with van der Waals surface area (Å²) >= 11 is 0. The van der Waals surface area contributed by atoms with E-state index in [0.29, 0.717) is 19.3 Å². The predicted octanol–water partition coefficient (Wildman–Crippen LogP) is 18.1. The molecule has 1 atom stereocenters. The van der Waals surface area contributed by atoms with Gasteiger partial charge in [0, 0.05) is 19.3 Å². The van der Waals surface area contributed by atoms with E-state index in [9.17, 15) is 14.4 Å². The number of rotatable bonds is 48. The van der Waals surface area contributed by atoms with Crippen molar-refractivity contribution in [1.29, 1.82) is 0 Å². The van der Waals surface area contributed by atoms with Crippen LogP contribution in [0.15, 0.2) is 97.2 Å². The van der Waals surface area contributed by atoms with Crippen molar-refractivity contribution >= 4 is 17.9 Å². The van der Waals surface area contributed by atoms with E-state index in [1.165, 1.54) is 116 Å². The number of hydrogen-bond donors (Lipinski definition) is 0. The zero-order chi connectivity index (χ0) is 47.9. The second-order valence-electron chi connectivity index (χ2n) is 17.8. The number of carbonyl (C=O) groups excluding carboxylic acids is 3. The fourth-order valence-corrected chi connectivity index (χ4v) is 7.26. The van der Waals surface area contributed by atoms with Crippen molar-refractivity contribution < 1.29 is 28.6 Å². The van der Waals surface area contributed by atoms with Gasteiger partial charge >= 0.3 is 17.9 Å². The van der Waals surface area contributed by atoms with Crippen LogP contribution in [0, 0.1) is 0 Å². The van der Waals surface area contributed by atoms with Gasteiger partial charge in [-0.05, 0) is 89.9 Å². The minimum Gasteiger partial charge on any atom is -0.462 e. The van der Waals surface area contributed by atoms with Gasteiger partial charge in [0.1, 0.15) is 13.2 Å². The second kappa shape index (κ2) is 53.9. The Hall–Kier alpha value is -3.67. The fourth-order valence-electron chi connectivity index (χ4n) is 7.26. The molecule has 0 aliphatic rings. The molecule has 1 unspecified atom stereocenters. The van der Waals surface area contributed by atoms with Crippen molar-refractivity contribution in [2.45, 2.75) is 252 Å². The lowest BCUT2D eigenvalue weighted by Gasteiger charge is -2.18. The molecular formula is C60H100O6. The van der Waals surface area contributed by atoms with Crippen molar-refractivity contribution in [1.82, 2.24) is 0 Å². The average Bonchev–Trinajstić information content (AvgIpc) is 3.31. The summed E-state index contributed by atoms with van der Waals surface area (Å²) < 4.78 is 16.7. The van der Waals surface area contributed by atoms with Crippen LogP contribution in [0.2, 0.25) is 0 Å². The summed E-state index contributed by atoms with van der Waals surface area (Å²) in [6.45, 7) is 6.43. The zero-order valence-corrected chi connectivity index (χ0v) is 42.9.